The summed E-state index contributed by atoms with van der Waals surface area (Å²) in [5, 5.41) is 6.99. The van der Waals surface area contributed by atoms with Crippen LogP contribution in [0.2, 0.25) is 0 Å². The first-order valence-electron chi connectivity index (χ1n) is 4.12. The standard InChI is InChI=1S/C8H18N2/c1-4-7-5-9-6-8(2,3)10-7/h7,9-10H,4-6H2,1-3H3. The molecule has 1 aliphatic rings. The van der Waals surface area contributed by atoms with E-state index in [4.69, 9.17) is 0 Å². The van der Waals surface area contributed by atoms with E-state index in [9.17, 15) is 0 Å². The summed E-state index contributed by atoms with van der Waals surface area (Å²) < 4.78 is 0. The summed E-state index contributed by atoms with van der Waals surface area (Å²) in [6.07, 6.45) is 1.22. The Bertz CT molecular complexity index is 110. The lowest BCUT2D eigenvalue weighted by molar-refractivity contribution is 0.258. The van der Waals surface area contributed by atoms with Crippen molar-refractivity contribution >= 4 is 0 Å². The number of hydrogen-bond donors (Lipinski definition) is 2. The van der Waals surface area contributed by atoms with Crippen LogP contribution in [0.1, 0.15) is 27.2 Å². The van der Waals surface area contributed by atoms with Crippen molar-refractivity contribution in [3.05, 3.63) is 0 Å². The van der Waals surface area contributed by atoms with E-state index in [1.54, 1.807) is 0 Å². The van der Waals surface area contributed by atoms with Crippen molar-refractivity contribution in [3.8, 4) is 0 Å². The Morgan fingerprint density at radius 1 is 1.50 bits per heavy atom. The molecule has 0 saturated carbocycles. The van der Waals surface area contributed by atoms with E-state index >= 15 is 0 Å². The Kier molecular flexibility index (Phi) is 2.32. The highest BCUT2D eigenvalue weighted by atomic mass is 15.1. The molecule has 0 aromatic rings. The summed E-state index contributed by atoms with van der Waals surface area (Å²) >= 11 is 0. The van der Waals surface area contributed by atoms with Crippen LogP contribution in [0, 0.1) is 0 Å². The van der Waals surface area contributed by atoms with Gasteiger partial charge in [-0.15, -0.1) is 0 Å². The van der Waals surface area contributed by atoms with Gasteiger partial charge in [-0.2, -0.15) is 0 Å². The van der Waals surface area contributed by atoms with Crippen molar-refractivity contribution < 1.29 is 0 Å². The predicted octanol–water partition coefficient (Wildman–Crippen LogP) is 0.736. The van der Waals surface area contributed by atoms with Gasteiger partial charge in [0.15, 0.2) is 0 Å². The Morgan fingerprint density at radius 2 is 2.20 bits per heavy atom. The molecule has 0 amide bonds. The highest BCUT2D eigenvalue weighted by molar-refractivity contribution is 4.89. The molecule has 60 valence electrons. The van der Waals surface area contributed by atoms with Crippen LogP contribution in [0.3, 0.4) is 0 Å². The lowest BCUT2D eigenvalue weighted by atomic mass is 9.99. The van der Waals surface area contributed by atoms with Gasteiger partial charge in [-0.3, -0.25) is 0 Å². The molecule has 1 unspecified atom stereocenters. The highest BCUT2D eigenvalue weighted by Gasteiger charge is 2.24. The average molecular weight is 142 g/mol. The minimum absolute atomic E-state index is 0.291. The molecule has 10 heavy (non-hydrogen) atoms. The van der Waals surface area contributed by atoms with Crippen LogP contribution in [0.15, 0.2) is 0 Å². The summed E-state index contributed by atoms with van der Waals surface area (Å²) in [7, 11) is 0. The maximum absolute atomic E-state index is 3.58. The Hall–Kier alpha value is -0.0800. The minimum Gasteiger partial charge on any atom is -0.313 e. The summed E-state index contributed by atoms with van der Waals surface area (Å²) in [4.78, 5) is 0. The second kappa shape index (κ2) is 2.89. The van der Waals surface area contributed by atoms with Gasteiger partial charge in [0, 0.05) is 24.7 Å². The molecular formula is C8H18N2. The molecule has 2 nitrogen and oxygen atoms in total. The topological polar surface area (TPSA) is 24.1 Å². The quantitative estimate of drug-likeness (QED) is 0.564. The van der Waals surface area contributed by atoms with Crippen LogP contribution < -0.4 is 10.6 Å². The Morgan fingerprint density at radius 3 is 2.60 bits per heavy atom. The molecule has 1 rings (SSSR count). The van der Waals surface area contributed by atoms with E-state index in [1.807, 2.05) is 0 Å². The first-order valence-corrected chi connectivity index (χ1v) is 4.12. The van der Waals surface area contributed by atoms with Gasteiger partial charge in [0.1, 0.15) is 0 Å². The van der Waals surface area contributed by atoms with Crippen LogP contribution in [0.4, 0.5) is 0 Å². The molecular weight excluding hydrogens is 124 g/mol. The number of rotatable bonds is 1. The first-order chi connectivity index (χ1) is 4.64. The summed E-state index contributed by atoms with van der Waals surface area (Å²) in [6.45, 7) is 8.91. The van der Waals surface area contributed by atoms with Crippen molar-refractivity contribution in [2.75, 3.05) is 13.1 Å². The second-order valence-electron chi connectivity index (χ2n) is 3.76. The normalized spacial score (nSPS) is 32.1. The van der Waals surface area contributed by atoms with Gasteiger partial charge in [0.25, 0.3) is 0 Å². The minimum atomic E-state index is 0.291. The van der Waals surface area contributed by atoms with Gasteiger partial charge in [-0.1, -0.05) is 6.92 Å². The molecule has 0 radical (unpaired) electrons. The lowest BCUT2D eigenvalue weighted by Crippen LogP contribution is -2.60. The lowest BCUT2D eigenvalue weighted by Gasteiger charge is -2.37. The average Bonchev–Trinajstić information content (AvgIpc) is 1.86. The van der Waals surface area contributed by atoms with E-state index in [-0.39, 0.29) is 0 Å². The summed E-state index contributed by atoms with van der Waals surface area (Å²) in [5.74, 6) is 0. The third kappa shape index (κ3) is 1.96. The zero-order chi connectivity index (χ0) is 7.61. The van der Waals surface area contributed by atoms with Gasteiger partial charge < -0.3 is 10.6 Å². The second-order valence-corrected chi connectivity index (χ2v) is 3.76. The molecule has 1 aliphatic heterocycles. The maximum atomic E-state index is 3.58. The molecule has 0 aromatic carbocycles. The van der Waals surface area contributed by atoms with Crippen molar-refractivity contribution in [3.63, 3.8) is 0 Å². The predicted molar refractivity (Wildman–Crippen MR) is 44.2 cm³/mol. The molecule has 2 N–H and O–H groups in total. The molecule has 1 heterocycles. The third-order valence-corrected chi connectivity index (χ3v) is 2.05. The van der Waals surface area contributed by atoms with Crippen molar-refractivity contribution in [1.82, 2.24) is 10.6 Å². The monoisotopic (exact) mass is 142 g/mol. The van der Waals surface area contributed by atoms with E-state index in [2.05, 4.69) is 31.4 Å². The fourth-order valence-corrected chi connectivity index (χ4v) is 1.46. The van der Waals surface area contributed by atoms with Crippen molar-refractivity contribution in [2.45, 2.75) is 38.8 Å². The molecule has 0 spiro atoms. The molecule has 2 heteroatoms. The van der Waals surface area contributed by atoms with Crippen LogP contribution in [0.5, 0.6) is 0 Å². The fraction of sp³-hybridized carbons (Fsp3) is 1.00. The number of nitrogens with one attached hydrogen (secondary N) is 2. The first kappa shape index (κ1) is 8.02. The van der Waals surface area contributed by atoms with Gasteiger partial charge in [-0.05, 0) is 20.3 Å². The summed E-state index contributed by atoms with van der Waals surface area (Å²) in [6, 6.07) is 0.670. The van der Waals surface area contributed by atoms with Crippen LogP contribution in [-0.4, -0.2) is 24.7 Å². The molecule has 0 aliphatic carbocycles. The summed E-state index contributed by atoms with van der Waals surface area (Å²) in [5.41, 5.74) is 0.291. The highest BCUT2D eigenvalue weighted by Crippen LogP contribution is 2.07. The molecule has 0 bridgehead atoms. The van der Waals surface area contributed by atoms with E-state index in [0.717, 1.165) is 13.1 Å². The largest absolute Gasteiger partial charge is 0.313 e. The maximum Gasteiger partial charge on any atom is 0.0252 e. The molecule has 0 aromatic heterocycles. The zero-order valence-corrected chi connectivity index (χ0v) is 7.20. The van der Waals surface area contributed by atoms with Crippen molar-refractivity contribution in [1.29, 1.82) is 0 Å². The molecule has 1 atom stereocenters. The van der Waals surface area contributed by atoms with E-state index in [0.29, 0.717) is 11.6 Å². The van der Waals surface area contributed by atoms with Crippen LogP contribution >= 0.6 is 0 Å². The molecule has 1 fully saturated rings. The fourth-order valence-electron chi connectivity index (χ4n) is 1.46. The number of piperazine rings is 1. The van der Waals surface area contributed by atoms with Gasteiger partial charge in [0.2, 0.25) is 0 Å². The number of hydrogen-bond acceptors (Lipinski definition) is 2. The zero-order valence-electron chi connectivity index (χ0n) is 7.20. The smallest absolute Gasteiger partial charge is 0.0252 e. The Balaban J connectivity index is 2.40. The van der Waals surface area contributed by atoms with Gasteiger partial charge in [-0.25, -0.2) is 0 Å². The van der Waals surface area contributed by atoms with Crippen molar-refractivity contribution in [2.24, 2.45) is 0 Å². The SMILES string of the molecule is CCC1CNCC(C)(C)N1. The van der Waals surface area contributed by atoms with Gasteiger partial charge in [0.05, 0.1) is 0 Å². The van der Waals surface area contributed by atoms with Crippen LogP contribution in [0.25, 0.3) is 0 Å². The third-order valence-electron chi connectivity index (χ3n) is 2.05. The van der Waals surface area contributed by atoms with E-state index in [1.165, 1.54) is 6.42 Å². The van der Waals surface area contributed by atoms with Gasteiger partial charge >= 0.3 is 0 Å². The van der Waals surface area contributed by atoms with E-state index < -0.39 is 0 Å². The Labute approximate surface area is 63.4 Å². The molecule has 1 saturated heterocycles. The van der Waals surface area contributed by atoms with Crippen LogP contribution in [-0.2, 0) is 0 Å².